The lowest BCUT2D eigenvalue weighted by molar-refractivity contribution is 0.419. The molecule has 21 heavy (non-hydrogen) atoms. The molecule has 3 rings (SSSR count). The van der Waals surface area contributed by atoms with Crippen molar-refractivity contribution in [3.05, 3.63) is 41.0 Å². The van der Waals surface area contributed by atoms with Crippen molar-refractivity contribution in [3.8, 4) is 11.3 Å². The highest BCUT2D eigenvalue weighted by Crippen LogP contribution is 2.24. The van der Waals surface area contributed by atoms with Crippen molar-refractivity contribution in [1.29, 1.82) is 0 Å². The minimum absolute atomic E-state index is 0.554. The van der Waals surface area contributed by atoms with Gasteiger partial charge in [-0.25, -0.2) is 9.97 Å². The van der Waals surface area contributed by atoms with Gasteiger partial charge in [0, 0.05) is 29.3 Å². The van der Waals surface area contributed by atoms with Gasteiger partial charge in [0.25, 0.3) is 0 Å². The first-order chi connectivity index (χ1) is 10.3. The molecule has 0 spiro atoms. The minimum atomic E-state index is 0.554. The number of hydrogen-bond acceptors (Lipinski definition) is 4. The molecule has 4 nitrogen and oxygen atoms in total. The molecule has 0 amide bonds. The van der Waals surface area contributed by atoms with Gasteiger partial charge in [-0.1, -0.05) is 28.1 Å². The maximum absolute atomic E-state index is 5.81. The van der Waals surface area contributed by atoms with Crippen molar-refractivity contribution in [3.63, 3.8) is 0 Å². The maximum atomic E-state index is 5.81. The third kappa shape index (κ3) is 3.41. The molecule has 1 fully saturated rings. The van der Waals surface area contributed by atoms with Gasteiger partial charge in [0.15, 0.2) is 0 Å². The smallest absolute Gasteiger partial charge is 0.225 e. The lowest BCUT2D eigenvalue weighted by Gasteiger charge is -2.32. The number of benzene rings is 1. The van der Waals surface area contributed by atoms with Crippen LogP contribution in [0.15, 0.2) is 41.0 Å². The number of anilines is 1. The van der Waals surface area contributed by atoms with Crippen LogP contribution in [0.5, 0.6) is 0 Å². The summed E-state index contributed by atoms with van der Waals surface area (Å²) in [4.78, 5) is 11.4. The highest BCUT2D eigenvalue weighted by atomic mass is 79.9. The first-order valence-electron chi connectivity index (χ1n) is 7.30. The molecule has 1 atom stereocenters. The number of aromatic nitrogens is 2. The lowest BCUT2D eigenvalue weighted by atomic mass is 9.99. The first kappa shape index (κ1) is 14.5. The Kier molecular flexibility index (Phi) is 4.51. The fourth-order valence-corrected chi connectivity index (χ4v) is 2.99. The van der Waals surface area contributed by atoms with Crippen LogP contribution in [0.4, 0.5) is 5.95 Å². The first-order valence-corrected chi connectivity index (χ1v) is 8.09. The summed E-state index contributed by atoms with van der Waals surface area (Å²) in [5.74, 6) is 1.37. The predicted molar refractivity (Wildman–Crippen MR) is 89.2 cm³/mol. The highest BCUT2D eigenvalue weighted by Gasteiger charge is 2.20. The number of rotatable bonds is 3. The van der Waals surface area contributed by atoms with E-state index in [0.29, 0.717) is 5.92 Å². The maximum Gasteiger partial charge on any atom is 0.225 e. The van der Waals surface area contributed by atoms with Crippen molar-refractivity contribution < 1.29 is 0 Å². The van der Waals surface area contributed by atoms with Crippen LogP contribution in [0, 0.1) is 5.92 Å². The zero-order valence-electron chi connectivity index (χ0n) is 11.9. The second-order valence-electron chi connectivity index (χ2n) is 5.44. The molecule has 1 aromatic heterocycles. The van der Waals surface area contributed by atoms with Crippen LogP contribution in [0.1, 0.15) is 12.8 Å². The van der Waals surface area contributed by atoms with Crippen LogP contribution in [-0.2, 0) is 0 Å². The van der Waals surface area contributed by atoms with Gasteiger partial charge in [0.2, 0.25) is 5.95 Å². The van der Waals surface area contributed by atoms with E-state index in [-0.39, 0.29) is 0 Å². The van der Waals surface area contributed by atoms with E-state index in [1.54, 1.807) is 0 Å². The molecule has 1 aliphatic rings. The Hall–Kier alpha value is -1.46. The topological polar surface area (TPSA) is 55.0 Å². The summed E-state index contributed by atoms with van der Waals surface area (Å²) < 4.78 is 1.07. The van der Waals surface area contributed by atoms with Gasteiger partial charge in [-0.3, -0.25) is 0 Å². The summed E-state index contributed by atoms with van der Waals surface area (Å²) in [7, 11) is 0. The second-order valence-corrected chi connectivity index (χ2v) is 6.35. The van der Waals surface area contributed by atoms with Gasteiger partial charge in [-0.15, -0.1) is 0 Å². The fourth-order valence-electron chi connectivity index (χ4n) is 2.72. The van der Waals surface area contributed by atoms with Crippen molar-refractivity contribution in [2.45, 2.75) is 12.8 Å². The summed E-state index contributed by atoms with van der Waals surface area (Å²) >= 11 is 3.46. The molecule has 0 aliphatic carbocycles. The van der Waals surface area contributed by atoms with Crippen molar-refractivity contribution >= 4 is 21.9 Å². The summed E-state index contributed by atoms with van der Waals surface area (Å²) in [5.41, 5.74) is 7.87. The van der Waals surface area contributed by atoms with Crippen LogP contribution in [-0.4, -0.2) is 29.6 Å². The van der Waals surface area contributed by atoms with Crippen molar-refractivity contribution in [1.82, 2.24) is 9.97 Å². The predicted octanol–water partition coefficient (Wildman–Crippen LogP) is 3.08. The molecule has 110 valence electrons. The third-order valence-electron chi connectivity index (χ3n) is 3.92. The standard InChI is InChI=1S/C16H19BrN4/c17-14-5-3-13(4-6-14)15-7-8-19-16(20-15)21-9-1-2-12(10-18)11-21/h3-8,12H,1-2,9-11,18H2. The van der Waals surface area contributed by atoms with Gasteiger partial charge < -0.3 is 10.6 Å². The van der Waals surface area contributed by atoms with Gasteiger partial charge >= 0.3 is 0 Å². The number of nitrogens with two attached hydrogens (primary N) is 1. The molecular weight excluding hydrogens is 328 g/mol. The molecule has 1 unspecified atom stereocenters. The number of hydrogen-bond donors (Lipinski definition) is 1. The van der Waals surface area contributed by atoms with E-state index < -0.39 is 0 Å². The average molecular weight is 347 g/mol. The van der Waals surface area contributed by atoms with E-state index in [0.717, 1.165) is 47.7 Å². The zero-order chi connectivity index (χ0) is 14.7. The monoisotopic (exact) mass is 346 g/mol. The number of piperidine rings is 1. The van der Waals surface area contributed by atoms with Crippen LogP contribution in [0.2, 0.25) is 0 Å². The van der Waals surface area contributed by atoms with Crippen LogP contribution in [0.25, 0.3) is 11.3 Å². The highest BCUT2D eigenvalue weighted by molar-refractivity contribution is 9.10. The van der Waals surface area contributed by atoms with Crippen molar-refractivity contribution in [2.75, 3.05) is 24.5 Å². The molecule has 2 heterocycles. The van der Waals surface area contributed by atoms with E-state index in [1.165, 1.54) is 6.42 Å². The normalized spacial score (nSPS) is 18.8. The quantitative estimate of drug-likeness (QED) is 0.927. The summed E-state index contributed by atoms with van der Waals surface area (Å²) in [6.07, 6.45) is 4.21. The molecule has 0 saturated carbocycles. The summed E-state index contributed by atoms with van der Waals surface area (Å²) in [6, 6.07) is 10.1. The molecule has 1 aromatic carbocycles. The largest absolute Gasteiger partial charge is 0.340 e. The molecule has 2 aromatic rings. The molecule has 1 aliphatic heterocycles. The second kappa shape index (κ2) is 6.54. The van der Waals surface area contributed by atoms with E-state index in [9.17, 15) is 0 Å². The average Bonchev–Trinajstić information content (AvgIpc) is 2.56. The Labute approximate surface area is 133 Å². The minimum Gasteiger partial charge on any atom is -0.340 e. The number of nitrogens with zero attached hydrogens (tertiary/aromatic N) is 3. The van der Waals surface area contributed by atoms with Crippen LogP contribution < -0.4 is 10.6 Å². The van der Waals surface area contributed by atoms with E-state index in [1.807, 2.05) is 24.4 Å². The van der Waals surface area contributed by atoms with E-state index in [2.05, 4.69) is 37.9 Å². The molecule has 0 radical (unpaired) electrons. The van der Waals surface area contributed by atoms with Gasteiger partial charge in [0.05, 0.1) is 5.69 Å². The Morgan fingerprint density at radius 3 is 2.81 bits per heavy atom. The lowest BCUT2D eigenvalue weighted by Crippen LogP contribution is -2.39. The number of halogens is 1. The molecule has 5 heteroatoms. The summed E-state index contributed by atoms with van der Waals surface area (Å²) in [6.45, 7) is 2.71. The van der Waals surface area contributed by atoms with Crippen LogP contribution >= 0.6 is 15.9 Å². The van der Waals surface area contributed by atoms with E-state index in [4.69, 9.17) is 10.7 Å². The molecular formula is C16H19BrN4. The molecule has 2 N–H and O–H groups in total. The Bertz CT molecular complexity index is 599. The molecule has 1 saturated heterocycles. The SMILES string of the molecule is NCC1CCCN(c2nccc(-c3ccc(Br)cc3)n2)C1. The molecule has 0 bridgehead atoms. The Morgan fingerprint density at radius 1 is 1.24 bits per heavy atom. The van der Waals surface area contributed by atoms with Crippen LogP contribution in [0.3, 0.4) is 0 Å². The van der Waals surface area contributed by atoms with E-state index >= 15 is 0 Å². The Morgan fingerprint density at radius 2 is 2.05 bits per heavy atom. The fraction of sp³-hybridized carbons (Fsp3) is 0.375. The zero-order valence-corrected chi connectivity index (χ0v) is 13.5. The van der Waals surface area contributed by atoms with Gasteiger partial charge in [0.1, 0.15) is 0 Å². The van der Waals surface area contributed by atoms with Crippen molar-refractivity contribution in [2.24, 2.45) is 11.7 Å². The Balaban J connectivity index is 1.84. The van der Waals surface area contributed by atoms with Gasteiger partial charge in [-0.2, -0.15) is 0 Å². The third-order valence-corrected chi connectivity index (χ3v) is 4.45. The van der Waals surface area contributed by atoms with Gasteiger partial charge in [-0.05, 0) is 43.5 Å². The summed E-state index contributed by atoms with van der Waals surface area (Å²) in [5, 5.41) is 0.